The molecule has 0 fully saturated rings. The number of nitrogens with zero attached hydrogens (tertiary/aromatic N) is 3. The minimum absolute atomic E-state index is 0.0601. The number of hydrazone groups is 1. The standard InChI is InChI=1S/C24H23N3O3S/c1-26(24(29)18-10-12-19(30-2)13-11-18)16-23(28)27-21(17-7-4-3-5-8-17)15-20(25-27)22-9-6-14-31-22/h3-14,21H,15-16H2,1-2H3/t21-/m0/s1. The van der Waals surface area contributed by atoms with E-state index in [2.05, 4.69) is 5.10 Å². The third kappa shape index (κ3) is 4.51. The molecule has 0 N–H and O–H groups in total. The van der Waals surface area contributed by atoms with Gasteiger partial charge in [0.1, 0.15) is 12.3 Å². The van der Waals surface area contributed by atoms with Gasteiger partial charge in [-0.3, -0.25) is 9.59 Å². The Balaban J connectivity index is 1.53. The van der Waals surface area contributed by atoms with Gasteiger partial charge in [-0.25, -0.2) is 5.01 Å². The van der Waals surface area contributed by atoms with Crippen LogP contribution in [0, 0.1) is 0 Å². The molecule has 31 heavy (non-hydrogen) atoms. The highest BCUT2D eigenvalue weighted by Gasteiger charge is 2.34. The third-order valence-electron chi connectivity index (χ3n) is 5.21. The molecule has 0 spiro atoms. The molecule has 1 aliphatic rings. The summed E-state index contributed by atoms with van der Waals surface area (Å²) in [6.07, 6.45) is 0.645. The first kappa shape index (κ1) is 20.8. The van der Waals surface area contributed by atoms with Gasteiger partial charge in [0.2, 0.25) is 0 Å². The van der Waals surface area contributed by atoms with E-state index in [0.717, 1.165) is 16.2 Å². The second-order valence-electron chi connectivity index (χ2n) is 7.28. The molecular formula is C24H23N3O3S. The third-order valence-corrected chi connectivity index (χ3v) is 6.13. The van der Waals surface area contributed by atoms with Crippen molar-refractivity contribution in [1.29, 1.82) is 0 Å². The number of ether oxygens (including phenoxy) is 1. The molecule has 3 aromatic rings. The number of benzene rings is 2. The van der Waals surface area contributed by atoms with Crippen molar-refractivity contribution in [3.05, 3.63) is 88.1 Å². The predicted molar refractivity (Wildman–Crippen MR) is 121 cm³/mol. The maximum atomic E-state index is 13.2. The summed E-state index contributed by atoms with van der Waals surface area (Å²) in [7, 11) is 3.20. The van der Waals surface area contributed by atoms with E-state index in [4.69, 9.17) is 4.74 Å². The molecule has 4 rings (SSSR count). The number of rotatable bonds is 6. The van der Waals surface area contributed by atoms with Crippen LogP contribution in [0.1, 0.15) is 33.3 Å². The van der Waals surface area contributed by atoms with Gasteiger partial charge in [-0.1, -0.05) is 36.4 Å². The largest absolute Gasteiger partial charge is 0.497 e. The Morgan fingerprint density at radius 3 is 2.48 bits per heavy atom. The van der Waals surface area contributed by atoms with Gasteiger partial charge >= 0.3 is 0 Å². The summed E-state index contributed by atoms with van der Waals surface area (Å²) in [5.41, 5.74) is 2.41. The molecule has 7 heteroatoms. The van der Waals surface area contributed by atoms with Crippen LogP contribution in [0.4, 0.5) is 0 Å². The number of hydrogen-bond acceptors (Lipinski definition) is 5. The highest BCUT2D eigenvalue weighted by atomic mass is 32.1. The second kappa shape index (κ2) is 9.14. The normalized spacial score (nSPS) is 15.5. The van der Waals surface area contributed by atoms with Crippen LogP contribution in [0.5, 0.6) is 5.75 Å². The van der Waals surface area contributed by atoms with Crippen LogP contribution < -0.4 is 4.74 Å². The Kier molecular flexibility index (Phi) is 6.13. The monoisotopic (exact) mass is 433 g/mol. The van der Waals surface area contributed by atoms with Gasteiger partial charge in [0.15, 0.2) is 0 Å². The van der Waals surface area contributed by atoms with Gasteiger partial charge in [0.25, 0.3) is 11.8 Å². The van der Waals surface area contributed by atoms with Crippen LogP contribution in [0.25, 0.3) is 0 Å². The average Bonchev–Trinajstić information content (AvgIpc) is 3.49. The quantitative estimate of drug-likeness (QED) is 0.585. The molecule has 1 atom stereocenters. The number of amides is 2. The Bertz CT molecular complexity index is 1080. The molecule has 0 bridgehead atoms. The van der Waals surface area contributed by atoms with Gasteiger partial charge in [-0.05, 0) is 41.3 Å². The van der Waals surface area contributed by atoms with Crippen LogP contribution in [-0.4, -0.2) is 48.1 Å². The fraction of sp³-hybridized carbons (Fsp3) is 0.208. The lowest BCUT2D eigenvalue weighted by Gasteiger charge is -2.25. The zero-order valence-electron chi connectivity index (χ0n) is 17.4. The zero-order chi connectivity index (χ0) is 21.8. The lowest BCUT2D eigenvalue weighted by molar-refractivity contribution is -0.133. The van der Waals surface area contributed by atoms with Crippen LogP contribution in [0.2, 0.25) is 0 Å². The zero-order valence-corrected chi connectivity index (χ0v) is 18.2. The summed E-state index contributed by atoms with van der Waals surface area (Å²) in [5, 5.41) is 8.18. The Hall–Kier alpha value is -3.45. The minimum Gasteiger partial charge on any atom is -0.497 e. The van der Waals surface area contributed by atoms with E-state index in [-0.39, 0.29) is 24.4 Å². The van der Waals surface area contributed by atoms with Gasteiger partial charge in [-0.15, -0.1) is 11.3 Å². The fourth-order valence-electron chi connectivity index (χ4n) is 3.57. The van der Waals surface area contributed by atoms with Crippen molar-refractivity contribution in [1.82, 2.24) is 9.91 Å². The first-order valence-electron chi connectivity index (χ1n) is 9.94. The summed E-state index contributed by atoms with van der Waals surface area (Å²) < 4.78 is 5.14. The molecule has 6 nitrogen and oxygen atoms in total. The summed E-state index contributed by atoms with van der Waals surface area (Å²) in [5.74, 6) is 0.229. The summed E-state index contributed by atoms with van der Waals surface area (Å²) in [4.78, 5) is 28.5. The lowest BCUT2D eigenvalue weighted by atomic mass is 10.0. The first-order valence-corrected chi connectivity index (χ1v) is 10.8. The molecule has 0 aliphatic carbocycles. The van der Waals surface area contributed by atoms with Crippen molar-refractivity contribution >= 4 is 28.9 Å². The molecule has 0 unspecified atom stereocenters. The van der Waals surface area contributed by atoms with Crippen molar-refractivity contribution in [2.45, 2.75) is 12.5 Å². The summed E-state index contributed by atoms with van der Waals surface area (Å²) in [6, 6.07) is 20.5. The van der Waals surface area contributed by atoms with Crippen molar-refractivity contribution in [3.63, 3.8) is 0 Å². The van der Waals surface area contributed by atoms with E-state index >= 15 is 0 Å². The Morgan fingerprint density at radius 2 is 1.84 bits per heavy atom. The average molecular weight is 434 g/mol. The second-order valence-corrected chi connectivity index (χ2v) is 8.23. The SMILES string of the molecule is COc1ccc(C(=O)N(C)CC(=O)N2N=C(c3cccs3)C[C@H]2c2ccccc2)cc1. The molecule has 0 radical (unpaired) electrons. The summed E-state index contributed by atoms with van der Waals surface area (Å²) in [6.45, 7) is -0.0601. The van der Waals surface area contributed by atoms with Gasteiger partial charge in [0, 0.05) is 19.0 Å². The first-order chi connectivity index (χ1) is 15.1. The van der Waals surface area contributed by atoms with E-state index < -0.39 is 0 Å². The summed E-state index contributed by atoms with van der Waals surface area (Å²) >= 11 is 1.61. The maximum absolute atomic E-state index is 13.2. The fourth-order valence-corrected chi connectivity index (χ4v) is 4.29. The van der Waals surface area contributed by atoms with Crippen LogP contribution in [0.15, 0.2) is 77.2 Å². The Morgan fingerprint density at radius 1 is 1.10 bits per heavy atom. The van der Waals surface area contributed by atoms with Crippen molar-refractivity contribution in [2.75, 3.05) is 20.7 Å². The molecule has 158 valence electrons. The smallest absolute Gasteiger partial charge is 0.262 e. The van der Waals surface area contributed by atoms with E-state index in [1.807, 2.05) is 47.8 Å². The molecule has 2 aromatic carbocycles. The number of methoxy groups -OCH3 is 1. The molecule has 1 aromatic heterocycles. The lowest BCUT2D eigenvalue weighted by Crippen LogP contribution is -2.39. The Labute approximate surface area is 185 Å². The number of thiophene rings is 1. The minimum atomic E-state index is -0.228. The van der Waals surface area contributed by atoms with E-state index in [1.54, 1.807) is 49.8 Å². The van der Waals surface area contributed by atoms with Gasteiger partial charge in [-0.2, -0.15) is 5.10 Å². The van der Waals surface area contributed by atoms with Gasteiger partial charge in [0.05, 0.1) is 23.7 Å². The highest BCUT2D eigenvalue weighted by molar-refractivity contribution is 7.12. The van der Waals surface area contributed by atoms with Crippen LogP contribution in [0.3, 0.4) is 0 Å². The molecule has 2 amide bonds. The van der Waals surface area contributed by atoms with E-state index in [1.165, 1.54) is 9.91 Å². The highest BCUT2D eigenvalue weighted by Crippen LogP contribution is 2.33. The van der Waals surface area contributed by atoms with Crippen LogP contribution in [-0.2, 0) is 4.79 Å². The van der Waals surface area contributed by atoms with Crippen molar-refractivity contribution < 1.29 is 14.3 Å². The number of carbonyl (C=O) groups excluding carboxylic acids is 2. The van der Waals surface area contributed by atoms with E-state index in [9.17, 15) is 9.59 Å². The van der Waals surface area contributed by atoms with Crippen LogP contribution >= 0.6 is 11.3 Å². The van der Waals surface area contributed by atoms with Gasteiger partial charge < -0.3 is 9.64 Å². The molecule has 1 aliphatic heterocycles. The molecule has 2 heterocycles. The molecular weight excluding hydrogens is 410 g/mol. The van der Waals surface area contributed by atoms with E-state index in [0.29, 0.717) is 17.7 Å². The molecule has 0 saturated heterocycles. The molecule has 0 saturated carbocycles. The topological polar surface area (TPSA) is 62.2 Å². The number of carbonyl (C=O) groups is 2. The van der Waals surface area contributed by atoms with Crippen molar-refractivity contribution in [3.8, 4) is 5.75 Å². The predicted octanol–water partition coefficient (Wildman–Crippen LogP) is 4.21. The number of likely N-dealkylation sites (N-methyl/N-ethyl adjacent to an activating group) is 1. The maximum Gasteiger partial charge on any atom is 0.262 e. The van der Waals surface area contributed by atoms with Crippen molar-refractivity contribution in [2.24, 2.45) is 5.10 Å². The number of hydrogen-bond donors (Lipinski definition) is 0.